The summed E-state index contributed by atoms with van der Waals surface area (Å²) in [7, 11) is 0. The number of nitrogens with zero attached hydrogens (tertiary/aromatic N) is 3. The van der Waals surface area contributed by atoms with Crippen LogP contribution in [-0.2, 0) is 6.54 Å². The highest BCUT2D eigenvalue weighted by molar-refractivity contribution is 5.81. The van der Waals surface area contributed by atoms with Gasteiger partial charge in [-0.2, -0.15) is 9.97 Å². The smallest absolute Gasteiger partial charge is 0.327 e. The van der Waals surface area contributed by atoms with Crippen LogP contribution in [0.4, 0.5) is 5.82 Å². The SMILES string of the molecule is CCC[C@H](C)Oc1nc(N)c2[nH]c(=O)n(CCCCCC3CCNCC3)c2n1. The highest BCUT2D eigenvalue weighted by Crippen LogP contribution is 2.21. The van der Waals surface area contributed by atoms with Gasteiger partial charge in [-0.25, -0.2) is 4.79 Å². The molecule has 2 aromatic heterocycles. The van der Waals surface area contributed by atoms with E-state index in [2.05, 4.69) is 27.2 Å². The normalized spacial score (nSPS) is 16.5. The lowest BCUT2D eigenvalue weighted by Gasteiger charge is -2.22. The number of rotatable bonds is 10. The van der Waals surface area contributed by atoms with Crippen LogP contribution < -0.4 is 21.5 Å². The first-order valence-corrected chi connectivity index (χ1v) is 10.7. The number of aryl methyl sites for hydroxylation is 1. The summed E-state index contributed by atoms with van der Waals surface area (Å²) >= 11 is 0. The first kappa shape index (κ1) is 20.6. The summed E-state index contributed by atoms with van der Waals surface area (Å²) in [5.41, 5.74) is 6.87. The molecule has 1 aliphatic rings. The number of nitrogens with two attached hydrogens (primary N) is 1. The fourth-order valence-electron chi connectivity index (χ4n) is 3.99. The van der Waals surface area contributed by atoms with Gasteiger partial charge < -0.3 is 20.8 Å². The van der Waals surface area contributed by atoms with Crippen molar-refractivity contribution in [3.63, 3.8) is 0 Å². The van der Waals surface area contributed by atoms with Gasteiger partial charge in [0.05, 0.1) is 6.10 Å². The van der Waals surface area contributed by atoms with E-state index in [-0.39, 0.29) is 23.6 Å². The van der Waals surface area contributed by atoms with Gasteiger partial charge in [-0.15, -0.1) is 0 Å². The third-order valence-corrected chi connectivity index (χ3v) is 5.58. The van der Waals surface area contributed by atoms with Crippen LogP contribution >= 0.6 is 0 Å². The maximum absolute atomic E-state index is 12.4. The van der Waals surface area contributed by atoms with Crippen molar-refractivity contribution in [2.24, 2.45) is 5.92 Å². The van der Waals surface area contributed by atoms with Crippen LogP contribution in [0.5, 0.6) is 6.01 Å². The van der Waals surface area contributed by atoms with E-state index in [1.165, 1.54) is 25.7 Å². The molecule has 0 aliphatic carbocycles. The third kappa shape index (κ3) is 5.25. The summed E-state index contributed by atoms with van der Waals surface area (Å²) in [6.45, 7) is 7.02. The van der Waals surface area contributed by atoms with Crippen molar-refractivity contribution < 1.29 is 4.74 Å². The van der Waals surface area contributed by atoms with Crippen molar-refractivity contribution in [3.8, 4) is 6.01 Å². The number of unbranched alkanes of at least 4 members (excludes halogenated alkanes) is 2. The van der Waals surface area contributed by atoms with Crippen LogP contribution in [0.3, 0.4) is 0 Å². The van der Waals surface area contributed by atoms with E-state index >= 15 is 0 Å². The van der Waals surface area contributed by atoms with E-state index in [0.717, 1.165) is 44.7 Å². The number of nitrogens with one attached hydrogen (secondary N) is 2. The van der Waals surface area contributed by atoms with Crippen LogP contribution in [0.15, 0.2) is 4.79 Å². The molecule has 1 saturated heterocycles. The minimum absolute atomic E-state index is 0.0101. The Balaban J connectivity index is 1.60. The monoisotopic (exact) mass is 390 g/mol. The Bertz CT molecular complexity index is 809. The van der Waals surface area contributed by atoms with E-state index in [1.54, 1.807) is 4.57 Å². The van der Waals surface area contributed by atoms with E-state index in [4.69, 9.17) is 10.5 Å². The molecule has 0 saturated carbocycles. The van der Waals surface area contributed by atoms with Gasteiger partial charge in [-0.3, -0.25) is 4.57 Å². The Morgan fingerprint density at radius 2 is 2.04 bits per heavy atom. The average molecular weight is 391 g/mol. The zero-order valence-corrected chi connectivity index (χ0v) is 17.2. The minimum atomic E-state index is -0.187. The Kier molecular flexibility index (Phi) is 7.30. The second-order valence-electron chi connectivity index (χ2n) is 7.93. The van der Waals surface area contributed by atoms with Gasteiger partial charge in [0, 0.05) is 6.54 Å². The molecule has 0 radical (unpaired) electrons. The molecule has 1 atom stereocenters. The summed E-state index contributed by atoms with van der Waals surface area (Å²) in [6.07, 6.45) is 9.08. The number of fused-ring (bicyclic) bond motifs is 1. The lowest BCUT2D eigenvalue weighted by Crippen LogP contribution is -2.27. The second kappa shape index (κ2) is 9.91. The minimum Gasteiger partial charge on any atom is -0.460 e. The number of imidazole rings is 1. The predicted octanol–water partition coefficient (Wildman–Crippen LogP) is 2.83. The molecule has 3 rings (SSSR count). The van der Waals surface area contributed by atoms with Crippen LogP contribution in [0, 0.1) is 5.92 Å². The third-order valence-electron chi connectivity index (χ3n) is 5.58. The maximum Gasteiger partial charge on any atom is 0.327 e. The Labute approximate surface area is 166 Å². The summed E-state index contributed by atoms with van der Waals surface area (Å²) in [5.74, 6) is 1.11. The number of aromatic nitrogens is 4. The topological polar surface area (TPSA) is 111 Å². The zero-order valence-electron chi connectivity index (χ0n) is 17.2. The van der Waals surface area contributed by atoms with E-state index < -0.39 is 0 Å². The highest BCUT2D eigenvalue weighted by Gasteiger charge is 2.16. The Morgan fingerprint density at radius 1 is 1.25 bits per heavy atom. The van der Waals surface area contributed by atoms with E-state index in [9.17, 15) is 4.79 Å². The van der Waals surface area contributed by atoms with E-state index in [0.29, 0.717) is 17.7 Å². The molecular weight excluding hydrogens is 356 g/mol. The maximum atomic E-state index is 12.4. The van der Waals surface area contributed by atoms with Gasteiger partial charge in [0.1, 0.15) is 5.52 Å². The molecule has 4 N–H and O–H groups in total. The summed E-state index contributed by atoms with van der Waals surface area (Å²) < 4.78 is 7.44. The second-order valence-corrected chi connectivity index (χ2v) is 7.93. The number of ether oxygens (including phenoxy) is 1. The summed E-state index contributed by atoms with van der Waals surface area (Å²) in [4.78, 5) is 23.8. The molecule has 3 heterocycles. The summed E-state index contributed by atoms with van der Waals surface area (Å²) in [5, 5.41) is 3.41. The fraction of sp³-hybridized carbons (Fsp3) is 0.750. The van der Waals surface area contributed by atoms with Crippen LogP contribution in [0.1, 0.15) is 65.2 Å². The van der Waals surface area contributed by atoms with Gasteiger partial charge >= 0.3 is 11.7 Å². The first-order valence-electron chi connectivity index (χ1n) is 10.7. The van der Waals surface area contributed by atoms with Crippen molar-refractivity contribution in [1.82, 2.24) is 24.8 Å². The quantitative estimate of drug-likeness (QED) is 0.538. The number of piperidine rings is 1. The molecule has 1 aliphatic heterocycles. The molecule has 156 valence electrons. The van der Waals surface area contributed by atoms with Crippen LogP contribution in [0.2, 0.25) is 0 Å². The molecular formula is C20H34N6O2. The molecule has 28 heavy (non-hydrogen) atoms. The Hall–Kier alpha value is -2.09. The van der Waals surface area contributed by atoms with Gasteiger partial charge in [0.2, 0.25) is 0 Å². The summed E-state index contributed by atoms with van der Waals surface area (Å²) in [6, 6.07) is 0.240. The van der Waals surface area contributed by atoms with Gasteiger partial charge in [-0.05, 0) is 51.6 Å². The molecule has 1 fully saturated rings. The number of hydrogen-bond acceptors (Lipinski definition) is 6. The molecule has 8 heteroatoms. The molecule has 0 spiro atoms. The molecule has 0 bridgehead atoms. The molecule has 2 aromatic rings. The van der Waals surface area contributed by atoms with Crippen molar-refractivity contribution in [2.45, 2.75) is 77.9 Å². The fourth-order valence-corrected chi connectivity index (χ4v) is 3.99. The lowest BCUT2D eigenvalue weighted by atomic mass is 9.92. The molecule has 0 amide bonds. The molecule has 0 aromatic carbocycles. The van der Waals surface area contributed by atoms with Crippen molar-refractivity contribution in [3.05, 3.63) is 10.5 Å². The average Bonchev–Trinajstić information content (AvgIpc) is 2.99. The van der Waals surface area contributed by atoms with Crippen molar-refractivity contribution in [1.29, 1.82) is 0 Å². The first-order chi connectivity index (χ1) is 13.6. The van der Waals surface area contributed by atoms with Crippen molar-refractivity contribution >= 4 is 17.0 Å². The Morgan fingerprint density at radius 3 is 2.79 bits per heavy atom. The largest absolute Gasteiger partial charge is 0.460 e. The lowest BCUT2D eigenvalue weighted by molar-refractivity contribution is 0.193. The van der Waals surface area contributed by atoms with Crippen LogP contribution in [-0.4, -0.2) is 38.7 Å². The zero-order chi connectivity index (χ0) is 19.9. The predicted molar refractivity (Wildman–Crippen MR) is 112 cm³/mol. The number of aromatic amines is 1. The highest BCUT2D eigenvalue weighted by atomic mass is 16.5. The van der Waals surface area contributed by atoms with Gasteiger partial charge in [0.15, 0.2) is 11.5 Å². The number of nitrogen functional groups attached to an aromatic ring is 1. The number of H-pyrrole nitrogens is 1. The molecule has 0 unspecified atom stereocenters. The van der Waals surface area contributed by atoms with Gasteiger partial charge in [0.25, 0.3) is 0 Å². The van der Waals surface area contributed by atoms with Crippen molar-refractivity contribution in [2.75, 3.05) is 18.8 Å². The number of hydrogen-bond donors (Lipinski definition) is 3. The number of anilines is 1. The van der Waals surface area contributed by atoms with Gasteiger partial charge in [-0.1, -0.05) is 32.6 Å². The van der Waals surface area contributed by atoms with E-state index in [1.807, 2.05) is 6.92 Å². The van der Waals surface area contributed by atoms with Crippen LogP contribution in [0.25, 0.3) is 11.2 Å². The standard InChI is InChI=1S/C20H34N6O2/c1-3-7-14(2)28-19-24-17(21)16-18(25-19)26(20(27)23-16)13-6-4-5-8-15-9-11-22-12-10-15/h14-15,22H,3-13H2,1-2H3,(H,23,27)(H2,21,24,25)/t14-/m0/s1. The molecule has 8 nitrogen and oxygen atoms in total.